The van der Waals surface area contributed by atoms with Crippen molar-refractivity contribution < 1.29 is 4.79 Å². The van der Waals surface area contributed by atoms with Crippen LogP contribution in [0.3, 0.4) is 0 Å². The molecule has 0 saturated heterocycles. The minimum absolute atomic E-state index is 0.0134. The molecule has 2 aromatic carbocycles. The van der Waals surface area contributed by atoms with E-state index in [9.17, 15) is 4.79 Å². The van der Waals surface area contributed by atoms with Gasteiger partial charge >= 0.3 is 0 Å². The molecule has 0 atom stereocenters. The second-order valence-corrected chi connectivity index (χ2v) is 5.93. The molecule has 2 N–H and O–H groups in total. The predicted molar refractivity (Wildman–Crippen MR) is 90.4 cm³/mol. The van der Waals surface area contributed by atoms with E-state index < -0.39 is 0 Å². The van der Waals surface area contributed by atoms with E-state index in [4.69, 9.17) is 0 Å². The zero-order valence-electron chi connectivity index (χ0n) is 12.2. The molecule has 0 radical (unpaired) electrons. The highest BCUT2D eigenvalue weighted by molar-refractivity contribution is 9.10. The van der Waals surface area contributed by atoms with Crippen LogP contribution < -0.4 is 10.6 Å². The molecule has 0 heterocycles. The number of hydrogen-bond acceptors (Lipinski definition) is 2. The maximum Gasteiger partial charge on any atom is 0.239 e. The van der Waals surface area contributed by atoms with Crippen LogP contribution in [0.1, 0.15) is 16.7 Å². The molecule has 0 aliphatic rings. The minimum Gasteiger partial charge on any atom is -0.376 e. The highest BCUT2D eigenvalue weighted by Crippen LogP contribution is 2.19. The van der Waals surface area contributed by atoms with Crippen LogP contribution in [0.2, 0.25) is 0 Å². The van der Waals surface area contributed by atoms with Crippen molar-refractivity contribution in [3.63, 3.8) is 0 Å². The Morgan fingerprint density at radius 3 is 2.57 bits per heavy atom. The molecule has 4 heteroatoms. The molecule has 2 aromatic rings. The Bertz CT molecular complexity index is 640. The van der Waals surface area contributed by atoms with E-state index in [0.29, 0.717) is 6.54 Å². The molecule has 0 spiro atoms. The average Bonchev–Trinajstić information content (AvgIpc) is 2.45. The first-order chi connectivity index (χ1) is 10.1. The zero-order chi connectivity index (χ0) is 15.2. The Balaban J connectivity index is 1.84. The van der Waals surface area contributed by atoms with Crippen LogP contribution in [0, 0.1) is 13.8 Å². The van der Waals surface area contributed by atoms with E-state index in [1.165, 1.54) is 5.56 Å². The molecule has 2 rings (SSSR count). The topological polar surface area (TPSA) is 41.1 Å². The summed E-state index contributed by atoms with van der Waals surface area (Å²) in [6.07, 6.45) is 0. The van der Waals surface area contributed by atoms with Crippen LogP contribution in [-0.4, -0.2) is 12.5 Å². The number of rotatable bonds is 5. The highest BCUT2D eigenvalue weighted by atomic mass is 79.9. The predicted octanol–water partition coefficient (Wildman–Crippen LogP) is 3.79. The fourth-order valence-corrected chi connectivity index (χ4v) is 2.54. The van der Waals surface area contributed by atoms with Crippen molar-refractivity contribution in [2.24, 2.45) is 0 Å². The maximum atomic E-state index is 11.9. The summed E-state index contributed by atoms with van der Waals surface area (Å²) >= 11 is 3.43. The molecule has 0 bridgehead atoms. The van der Waals surface area contributed by atoms with Gasteiger partial charge in [0, 0.05) is 16.7 Å². The molecule has 110 valence electrons. The maximum absolute atomic E-state index is 11.9. The molecule has 0 aliphatic carbocycles. The lowest BCUT2D eigenvalue weighted by atomic mass is 10.1. The molecule has 0 aliphatic heterocycles. The Morgan fingerprint density at radius 1 is 1.10 bits per heavy atom. The molecule has 0 aromatic heterocycles. The number of carbonyl (C=O) groups is 1. The molecule has 1 amide bonds. The Labute approximate surface area is 133 Å². The van der Waals surface area contributed by atoms with Crippen molar-refractivity contribution in [2.45, 2.75) is 20.4 Å². The summed E-state index contributed by atoms with van der Waals surface area (Å²) in [5, 5.41) is 6.09. The number of hydrogen-bond donors (Lipinski definition) is 2. The second kappa shape index (κ2) is 7.27. The Morgan fingerprint density at radius 2 is 1.86 bits per heavy atom. The smallest absolute Gasteiger partial charge is 0.239 e. The number of nitrogens with one attached hydrogen (secondary N) is 2. The molecule has 21 heavy (non-hydrogen) atoms. The van der Waals surface area contributed by atoms with Crippen LogP contribution in [0.4, 0.5) is 5.69 Å². The Kier molecular flexibility index (Phi) is 5.39. The van der Waals surface area contributed by atoms with Gasteiger partial charge in [-0.3, -0.25) is 4.79 Å². The lowest BCUT2D eigenvalue weighted by Gasteiger charge is -2.11. The van der Waals surface area contributed by atoms with Gasteiger partial charge in [-0.2, -0.15) is 0 Å². The summed E-state index contributed by atoms with van der Waals surface area (Å²) in [7, 11) is 0. The van der Waals surface area contributed by atoms with Gasteiger partial charge in [-0.05, 0) is 48.7 Å². The van der Waals surface area contributed by atoms with Crippen molar-refractivity contribution >= 4 is 27.5 Å². The van der Waals surface area contributed by atoms with E-state index in [1.807, 2.05) is 56.3 Å². The monoisotopic (exact) mass is 346 g/mol. The molecular formula is C17H19BrN2O. The van der Waals surface area contributed by atoms with Gasteiger partial charge in [-0.25, -0.2) is 0 Å². The van der Waals surface area contributed by atoms with Crippen molar-refractivity contribution in [1.29, 1.82) is 0 Å². The van der Waals surface area contributed by atoms with Crippen LogP contribution in [0.25, 0.3) is 0 Å². The standard InChI is InChI=1S/C17H19BrN2O/c1-12-5-3-4-6-14(12)10-20-17(21)11-19-16-8-7-15(18)9-13(16)2/h3-9,19H,10-11H2,1-2H3,(H,20,21). The number of benzene rings is 2. The minimum atomic E-state index is -0.0134. The van der Waals surface area contributed by atoms with E-state index in [-0.39, 0.29) is 12.5 Å². The van der Waals surface area contributed by atoms with Gasteiger partial charge in [0.1, 0.15) is 0 Å². The van der Waals surface area contributed by atoms with Crippen LogP contribution >= 0.6 is 15.9 Å². The third-order valence-electron chi connectivity index (χ3n) is 3.37. The summed E-state index contributed by atoms with van der Waals surface area (Å²) in [4.78, 5) is 11.9. The summed E-state index contributed by atoms with van der Waals surface area (Å²) in [5.41, 5.74) is 4.42. The summed E-state index contributed by atoms with van der Waals surface area (Å²) in [6.45, 7) is 4.89. The van der Waals surface area contributed by atoms with Gasteiger partial charge in [0.15, 0.2) is 0 Å². The number of carbonyl (C=O) groups excluding carboxylic acids is 1. The summed E-state index contributed by atoms with van der Waals surface area (Å²) in [5.74, 6) is -0.0134. The van der Waals surface area contributed by atoms with Gasteiger partial charge in [0.25, 0.3) is 0 Å². The van der Waals surface area contributed by atoms with Gasteiger partial charge in [0.05, 0.1) is 6.54 Å². The van der Waals surface area contributed by atoms with E-state index in [1.54, 1.807) is 0 Å². The van der Waals surface area contributed by atoms with E-state index in [2.05, 4.69) is 26.6 Å². The summed E-state index contributed by atoms with van der Waals surface area (Å²) < 4.78 is 1.04. The van der Waals surface area contributed by atoms with E-state index in [0.717, 1.165) is 21.3 Å². The van der Waals surface area contributed by atoms with Gasteiger partial charge in [0.2, 0.25) is 5.91 Å². The average molecular weight is 347 g/mol. The molecule has 0 fully saturated rings. The van der Waals surface area contributed by atoms with Gasteiger partial charge in [-0.15, -0.1) is 0 Å². The van der Waals surface area contributed by atoms with Crippen molar-refractivity contribution in [2.75, 3.05) is 11.9 Å². The first kappa shape index (κ1) is 15.6. The first-order valence-electron chi connectivity index (χ1n) is 6.87. The van der Waals surface area contributed by atoms with Crippen molar-refractivity contribution in [1.82, 2.24) is 5.32 Å². The van der Waals surface area contributed by atoms with Crippen molar-refractivity contribution in [3.05, 3.63) is 63.6 Å². The van der Waals surface area contributed by atoms with Crippen LogP contribution in [-0.2, 0) is 11.3 Å². The van der Waals surface area contributed by atoms with Crippen molar-refractivity contribution in [3.8, 4) is 0 Å². The molecular weight excluding hydrogens is 328 g/mol. The largest absolute Gasteiger partial charge is 0.376 e. The number of aryl methyl sites for hydroxylation is 2. The SMILES string of the molecule is Cc1ccccc1CNC(=O)CNc1ccc(Br)cc1C. The first-order valence-corrected chi connectivity index (χ1v) is 7.67. The number of amides is 1. The molecule has 0 saturated carbocycles. The third kappa shape index (κ3) is 4.60. The lowest BCUT2D eigenvalue weighted by molar-refractivity contribution is -0.119. The number of anilines is 1. The zero-order valence-corrected chi connectivity index (χ0v) is 13.8. The van der Waals surface area contributed by atoms with E-state index >= 15 is 0 Å². The fraction of sp³-hybridized carbons (Fsp3) is 0.235. The lowest BCUT2D eigenvalue weighted by Crippen LogP contribution is -2.29. The van der Waals surface area contributed by atoms with Gasteiger partial charge < -0.3 is 10.6 Å². The third-order valence-corrected chi connectivity index (χ3v) is 3.86. The van der Waals surface area contributed by atoms with Crippen LogP contribution in [0.5, 0.6) is 0 Å². The summed E-state index contributed by atoms with van der Waals surface area (Å²) in [6, 6.07) is 14.0. The number of halogens is 1. The van der Waals surface area contributed by atoms with Crippen LogP contribution in [0.15, 0.2) is 46.9 Å². The molecule has 3 nitrogen and oxygen atoms in total. The normalized spacial score (nSPS) is 10.2. The Hall–Kier alpha value is -1.81. The fourth-order valence-electron chi connectivity index (χ4n) is 2.07. The second-order valence-electron chi connectivity index (χ2n) is 5.02. The molecule has 0 unspecified atom stereocenters. The highest BCUT2D eigenvalue weighted by Gasteiger charge is 2.04. The van der Waals surface area contributed by atoms with Gasteiger partial charge in [-0.1, -0.05) is 40.2 Å². The quantitative estimate of drug-likeness (QED) is 0.864.